The molecule has 0 amide bonds. The second-order valence-electron chi connectivity index (χ2n) is 14.5. The number of fused-ring (bicyclic) bond motifs is 11. The summed E-state index contributed by atoms with van der Waals surface area (Å²) in [6, 6.07) is 60.0. The van der Waals surface area contributed by atoms with Gasteiger partial charge in [0.15, 0.2) is 0 Å². The molecule has 0 bridgehead atoms. The van der Waals surface area contributed by atoms with Gasteiger partial charge < -0.3 is 9.32 Å². The standard InChI is InChI=1S/C49H33NOS/c1-49(2)40-16-6-3-12-38(40)48-41(49)17-10-18-42(48)50(32-25-26-36-35-11-5-8-20-45(35)52-46(36)29-32)31-23-21-30(22-24-31)33-14-9-15-37-34(33)27-28-44-47(37)39-13-4-7-19-43(39)51-44/h3-29H,1-2H3. The summed E-state index contributed by atoms with van der Waals surface area (Å²) in [5, 5.41) is 7.39. The van der Waals surface area contributed by atoms with Crippen molar-refractivity contribution < 1.29 is 4.42 Å². The van der Waals surface area contributed by atoms with Crippen molar-refractivity contribution in [2.45, 2.75) is 19.3 Å². The third-order valence-corrected chi connectivity index (χ3v) is 12.4. The number of furan rings is 1. The van der Waals surface area contributed by atoms with Gasteiger partial charge in [0.25, 0.3) is 0 Å². The van der Waals surface area contributed by atoms with Crippen molar-refractivity contribution in [2.75, 3.05) is 4.90 Å². The van der Waals surface area contributed by atoms with Crippen molar-refractivity contribution in [3.8, 4) is 22.3 Å². The maximum absolute atomic E-state index is 6.24. The summed E-state index contributed by atoms with van der Waals surface area (Å²) in [4.78, 5) is 2.47. The third-order valence-electron chi connectivity index (χ3n) is 11.3. The summed E-state index contributed by atoms with van der Waals surface area (Å²) in [7, 11) is 0. The van der Waals surface area contributed by atoms with Crippen molar-refractivity contribution in [3.63, 3.8) is 0 Å². The molecule has 0 saturated heterocycles. The molecule has 3 heteroatoms. The predicted molar refractivity (Wildman–Crippen MR) is 222 cm³/mol. The van der Waals surface area contributed by atoms with Crippen molar-refractivity contribution >= 4 is 81.3 Å². The van der Waals surface area contributed by atoms with Crippen molar-refractivity contribution in [2.24, 2.45) is 0 Å². The van der Waals surface area contributed by atoms with Gasteiger partial charge in [-0.15, -0.1) is 11.3 Å². The Morgan fingerprint density at radius 2 is 1.15 bits per heavy atom. The van der Waals surface area contributed by atoms with E-state index in [1.807, 2.05) is 17.4 Å². The summed E-state index contributed by atoms with van der Waals surface area (Å²) in [5.74, 6) is 0. The van der Waals surface area contributed by atoms with Crippen LogP contribution in [0.4, 0.5) is 17.1 Å². The summed E-state index contributed by atoms with van der Waals surface area (Å²) >= 11 is 1.87. The molecule has 8 aromatic carbocycles. The van der Waals surface area contributed by atoms with Crippen LogP contribution in [0, 0.1) is 0 Å². The normalized spacial score (nSPS) is 13.3. The van der Waals surface area contributed by atoms with Gasteiger partial charge in [-0.05, 0) is 87.1 Å². The number of para-hydroxylation sites is 1. The number of rotatable bonds is 4. The largest absolute Gasteiger partial charge is 0.456 e. The molecule has 2 nitrogen and oxygen atoms in total. The van der Waals surface area contributed by atoms with Crippen LogP contribution in [0.15, 0.2) is 168 Å². The van der Waals surface area contributed by atoms with Crippen LogP contribution in [0.2, 0.25) is 0 Å². The zero-order valence-electron chi connectivity index (χ0n) is 28.9. The van der Waals surface area contributed by atoms with Gasteiger partial charge in [-0.25, -0.2) is 0 Å². The quantitative estimate of drug-likeness (QED) is 0.184. The predicted octanol–water partition coefficient (Wildman–Crippen LogP) is 14.6. The average molecular weight is 684 g/mol. The molecule has 52 heavy (non-hydrogen) atoms. The van der Waals surface area contributed by atoms with E-state index < -0.39 is 0 Å². The lowest BCUT2D eigenvalue weighted by Gasteiger charge is -2.29. The Morgan fingerprint density at radius 1 is 0.481 bits per heavy atom. The van der Waals surface area contributed by atoms with Crippen LogP contribution in [0.25, 0.3) is 75.1 Å². The van der Waals surface area contributed by atoms with Crippen molar-refractivity contribution in [1.29, 1.82) is 0 Å². The van der Waals surface area contributed by atoms with E-state index in [9.17, 15) is 0 Å². The molecule has 1 aliphatic rings. The maximum atomic E-state index is 6.24. The molecule has 0 spiro atoms. The molecule has 11 rings (SSSR count). The fourth-order valence-corrected chi connectivity index (χ4v) is 9.96. The first kappa shape index (κ1) is 29.6. The zero-order chi connectivity index (χ0) is 34.6. The third kappa shape index (κ3) is 4.17. The van der Waals surface area contributed by atoms with Crippen LogP contribution in [0.5, 0.6) is 0 Å². The van der Waals surface area contributed by atoms with Gasteiger partial charge in [-0.3, -0.25) is 0 Å². The molecule has 10 aromatic rings. The molecule has 0 atom stereocenters. The lowest BCUT2D eigenvalue weighted by molar-refractivity contribution is 0.660. The molecule has 0 fully saturated rings. The second kappa shape index (κ2) is 10.9. The van der Waals surface area contributed by atoms with E-state index in [0.717, 1.165) is 27.9 Å². The van der Waals surface area contributed by atoms with Crippen molar-refractivity contribution in [1.82, 2.24) is 0 Å². The van der Waals surface area contributed by atoms with E-state index in [0.29, 0.717) is 0 Å². The van der Waals surface area contributed by atoms with E-state index in [2.05, 4.69) is 176 Å². The van der Waals surface area contributed by atoms with E-state index >= 15 is 0 Å². The summed E-state index contributed by atoms with van der Waals surface area (Å²) < 4.78 is 8.85. The summed E-state index contributed by atoms with van der Waals surface area (Å²) in [5.41, 5.74) is 13.0. The molecule has 2 heterocycles. The van der Waals surface area contributed by atoms with E-state index in [1.54, 1.807) is 0 Å². The van der Waals surface area contributed by atoms with Gasteiger partial charge in [-0.2, -0.15) is 0 Å². The van der Waals surface area contributed by atoms with Gasteiger partial charge in [0.2, 0.25) is 0 Å². The van der Waals surface area contributed by atoms with Gasteiger partial charge >= 0.3 is 0 Å². The molecule has 0 saturated carbocycles. The molecule has 2 aromatic heterocycles. The molecule has 0 unspecified atom stereocenters. The highest BCUT2D eigenvalue weighted by molar-refractivity contribution is 7.25. The van der Waals surface area contributed by atoms with Gasteiger partial charge in [0, 0.05) is 53.3 Å². The molecule has 246 valence electrons. The van der Waals surface area contributed by atoms with E-state index in [-0.39, 0.29) is 5.41 Å². The van der Waals surface area contributed by atoms with Crippen LogP contribution in [-0.4, -0.2) is 0 Å². The first-order valence-corrected chi connectivity index (χ1v) is 18.7. The Balaban J connectivity index is 1.10. The maximum Gasteiger partial charge on any atom is 0.136 e. The Labute approximate surface area is 305 Å². The number of hydrogen-bond acceptors (Lipinski definition) is 3. The van der Waals surface area contributed by atoms with Gasteiger partial charge in [0.05, 0.1) is 5.69 Å². The first-order chi connectivity index (χ1) is 25.5. The SMILES string of the molecule is CC1(C)c2ccccc2-c2c(N(c3ccc(-c4cccc5c4ccc4oc6ccccc6c45)cc3)c3ccc4c(c3)sc3ccccc34)cccc21. The average Bonchev–Trinajstić information content (AvgIpc) is 3.83. The minimum Gasteiger partial charge on any atom is -0.456 e. The molecular formula is C49H33NOS. The number of benzene rings is 8. The van der Waals surface area contributed by atoms with Crippen LogP contribution < -0.4 is 4.90 Å². The highest BCUT2D eigenvalue weighted by Crippen LogP contribution is 2.54. The number of thiophene rings is 1. The smallest absolute Gasteiger partial charge is 0.136 e. The minimum atomic E-state index is -0.0903. The number of hydrogen-bond donors (Lipinski definition) is 0. The Bertz CT molecular complexity index is 3050. The first-order valence-electron chi connectivity index (χ1n) is 17.9. The Hall–Kier alpha value is -6.16. The lowest BCUT2D eigenvalue weighted by atomic mass is 9.82. The Kier molecular flexibility index (Phi) is 6.21. The van der Waals surface area contributed by atoms with Crippen LogP contribution >= 0.6 is 11.3 Å². The molecular weight excluding hydrogens is 651 g/mol. The Morgan fingerprint density at radius 3 is 2.06 bits per heavy atom. The monoisotopic (exact) mass is 683 g/mol. The van der Waals surface area contributed by atoms with E-state index in [1.165, 1.54) is 75.4 Å². The molecule has 0 aliphatic heterocycles. The minimum absolute atomic E-state index is 0.0903. The zero-order valence-corrected chi connectivity index (χ0v) is 29.7. The topological polar surface area (TPSA) is 16.4 Å². The highest BCUT2D eigenvalue weighted by atomic mass is 32.1. The lowest BCUT2D eigenvalue weighted by Crippen LogP contribution is -2.16. The van der Waals surface area contributed by atoms with Crippen LogP contribution in [0.1, 0.15) is 25.0 Å². The fraction of sp³-hybridized carbons (Fsp3) is 0.0612. The molecule has 1 aliphatic carbocycles. The van der Waals surface area contributed by atoms with Gasteiger partial charge in [0.1, 0.15) is 11.2 Å². The number of anilines is 3. The number of nitrogens with zero attached hydrogens (tertiary/aromatic N) is 1. The molecule has 0 N–H and O–H groups in total. The molecule has 0 radical (unpaired) electrons. The van der Waals surface area contributed by atoms with Crippen LogP contribution in [-0.2, 0) is 5.41 Å². The van der Waals surface area contributed by atoms with Crippen molar-refractivity contribution in [3.05, 3.63) is 175 Å². The second-order valence-corrected chi connectivity index (χ2v) is 15.6. The summed E-state index contributed by atoms with van der Waals surface area (Å²) in [6.07, 6.45) is 0. The fourth-order valence-electron chi connectivity index (χ4n) is 8.83. The van der Waals surface area contributed by atoms with E-state index in [4.69, 9.17) is 4.42 Å². The highest BCUT2D eigenvalue weighted by Gasteiger charge is 2.37. The van der Waals surface area contributed by atoms with Gasteiger partial charge in [-0.1, -0.05) is 129 Å². The van der Waals surface area contributed by atoms with Crippen LogP contribution in [0.3, 0.4) is 0 Å². The summed E-state index contributed by atoms with van der Waals surface area (Å²) in [6.45, 7) is 4.71.